The van der Waals surface area contributed by atoms with Crippen molar-refractivity contribution in [2.24, 2.45) is 7.05 Å². The molecular weight excluding hydrogens is 318 g/mol. The number of hydrogen-bond donors (Lipinski definition) is 1. The van der Waals surface area contributed by atoms with Crippen LogP contribution in [0.2, 0.25) is 0 Å². The van der Waals surface area contributed by atoms with Crippen LogP contribution in [0.4, 0.5) is 5.69 Å². The Labute approximate surface area is 144 Å². The number of nitrogens with zero attached hydrogens (tertiary/aromatic N) is 4. The highest BCUT2D eigenvalue weighted by molar-refractivity contribution is 6.47. The van der Waals surface area contributed by atoms with Crippen LogP contribution < -0.4 is 5.32 Å². The zero-order valence-electron chi connectivity index (χ0n) is 14.1. The molecule has 3 rings (SSSR count). The minimum absolute atomic E-state index is 0.321. The van der Waals surface area contributed by atoms with E-state index in [4.69, 9.17) is 0 Å². The van der Waals surface area contributed by atoms with Gasteiger partial charge in [-0.3, -0.25) is 14.3 Å². The van der Waals surface area contributed by atoms with Gasteiger partial charge in [-0.15, -0.1) is 0 Å². The van der Waals surface area contributed by atoms with Crippen molar-refractivity contribution in [2.75, 3.05) is 5.32 Å². The highest BCUT2D eigenvalue weighted by Crippen LogP contribution is 2.16. The summed E-state index contributed by atoms with van der Waals surface area (Å²) in [5.41, 5.74) is 2.72. The number of ketones is 1. The maximum atomic E-state index is 12.4. The molecule has 0 aliphatic carbocycles. The van der Waals surface area contributed by atoms with Gasteiger partial charge in [0.15, 0.2) is 5.82 Å². The van der Waals surface area contributed by atoms with E-state index >= 15 is 0 Å². The molecule has 25 heavy (non-hydrogen) atoms. The molecule has 0 bridgehead atoms. The van der Waals surface area contributed by atoms with Gasteiger partial charge in [-0.1, -0.05) is 30.3 Å². The minimum atomic E-state index is -0.740. The van der Waals surface area contributed by atoms with Gasteiger partial charge in [-0.2, -0.15) is 5.10 Å². The van der Waals surface area contributed by atoms with Gasteiger partial charge in [0, 0.05) is 18.3 Å². The summed E-state index contributed by atoms with van der Waals surface area (Å²) in [5, 5.41) is 6.69. The Bertz CT molecular complexity index is 930. The molecule has 0 aliphatic rings. The molecule has 126 valence electrons. The molecule has 0 unspecified atom stereocenters. The molecule has 0 radical (unpaired) electrons. The quantitative estimate of drug-likeness (QED) is 0.584. The van der Waals surface area contributed by atoms with E-state index < -0.39 is 11.7 Å². The highest BCUT2D eigenvalue weighted by atomic mass is 16.2. The third-order valence-electron chi connectivity index (χ3n) is 3.88. The second-order valence-electron chi connectivity index (χ2n) is 5.61. The lowest BCUT2D eigenvalue weighted by molar-refractivity contribution is -0.112. The van der Waals surface area contributed by atoms with Gasteiger partial charge in [0.2, 0.25) is 0 Å². The van der Waals surface area contributed by atoms with Crippen LogP contribution in [-0.2, 0) is 11.8 Å². The Balaban J connectivity index is 1.76. The third kappa shape index (κ3) is 3.30. The largest absolute Gasteiger partial charge is 0.316 e. The molecule has 0 saturated carbocycles. The molecule has 0 fully saturated rings. The van der Waals surface area contributed by atoms with Gasteiger partial charge < -0.3 is 5.32 Å². The summed E-state index contributed by atoms with van der Waals surface area (Å²) in [4.78, 5) is 33.1. The first-order chi connectivity index (χ1) is 12.0. The van der Waals surface area contributed by atoms with Gasteiger partial charge in [-0.25, -0.2) is 9.97 Å². The van der Waals surface area contributed by atoms with Crippen LogP contribution in [0.5, 0.6) is 0 Å². The standard InChI is InChI=1S/C18H17N5O2/c1-11-15(12(2)23(3)22-11)16(24)18(25)21-14-9-19-17(20-10-14)13-7-5-4-6-8-13/h4-10H,1-3H3,(H,21,25). The van der Waals surface area contributed by atoms with Crippen LogP contribution in [0.3, 0.4) is 0 Å². The fourth-order valence-corrected chi connectivity index (χ4v) is 2.53. The number of rotatable bonds is 4. The van der Waals surface area contributed by atoms with Gasteiger partial charge in [0.1, 0.15) is 0 Å². The summed E-state index contributed by atoms with van der Waals surface area (Å²) in [6.45, 7) is 3.45. The Morgan fingerprint density at radius 2 is 1.68 bits per heavy atom. The topological polar surface area (TPSA) is 89.8 Å². The summed E-state index contributed by atoms with van der Waals surface area (Å²) in [7, 11) is 1.73. The molecule has 7 nitrogen and oxygen atoms in total. The van der Waals surface area contributed by atoms with E-state index in [0.717, 1.165) is 5.56 Å². The smallest absolute Gasteiger partial charge is 0.296 e. The molecule has 3 aromatic rings. The van der Waals surface area contributed by atoms with Crippen LogP contribution in [0.1, 0.15) is 21.7 Å². The van der Waals surface area contributed by atoms with E-state index in [1.807, 2.05) is 30.3 Å². The molecular formula is C18H17N5O2. The number of benzene rings is 1. The lowest BCUT2D eigenvalue weighted by Crippen LogP contribution is -2.24. The van der Waals surface area contributed by atoms with Crippen LogP contribution in [0.25, 0.3) is 11.4 Å². The fourth-order valence-electron chi connectivity index (χ4n) is 2.53. The van der Waals surface area contributed by atoms with Crippen molar-refractivity contribution in [1.29, 1.82) is 0 Å². The third-order valence-corrected chi connectivity index (χ3v) is 3.88. The molecule has 1 aromatic carbocycles. The number of aryl methyl sites for hydroxylation is 2. The Kier molecular flexibility index (Phi) is 4.38. The summed E-state index contributed by atoms with van der Waals surface area (Å²) in [5.74, 6) is -0.825. The van der Waals surface area contributed by atoms with Crippen molar-refractivity contribution >= 4 is 17.4 Å². The second-order valence-corrected chi connectivity index (χ2v) is 5.61. The molecule has 1 amide bonds. The van der Waals surface area contributed by atoms with E-state index in [-0.39, 0.29) is 0 Å². The van der Waals surface area contributed by atoms with Gasteiger partial charge >= 0.3 is 0 Å². The van der Waals surface area contributed by atoms with Crippen LogP contribution in [0, 0.1) is 13.8 Å². The molecule has 1 N–H and O–H groups in total. The first-order valence-corrected chi connectivity index (χ1v) is 7.70. The van der Waals surface area contributed by atoms with E-state index in [1.54, 1.807) is 25.6 Å². The van der Waals surface area contributed by atoms with Crippen molar-refractivity contribution in [1.82, 2.24) is 19.7 Å². The van der Waals surface area contributed by atoms with E-state index in [9.17, 15) is 9.59 Å². The van der Waals surface area contributed by atoms with Crippen molar-refractivity contribution in [2.45, 2.75) is 13.8 Å². The fraction of sp³-hybridized carbons (Fsp3) is 0.167. The predicted molar refractivity (Wildman–Crippen MR) is 93.1 cm³/mol. The normalized spacial score (nSPS) is 10.5. The van der Waals surface area contributed by atoms with Gasteiger partial charge in [0.25, 0.3) is 11.7 Å². The molecule has 0 atom stereocenters. The number of amides is 1. The number of carbonyl (C=O) groups excluding carboxylic acids is 2. The first kappa shape index (κ1) is 16.5. The molecule has 0 saturated heterocycles. The van der Waals surface area contributed by atoms with Crippen molar-refractivity contribution < 1.29 is 9.59 Å². The lowest BCUT2D eigenvalue weighted by Gasteiger charge is -2.05. The Morgan fingerprint density at radius 3 is 2.24 bits per heavy atom. The van der Waals surface area contributed by atoms with Crippen molar-refractivity contribution in [3.63, 3.8) is 0 Å². The monoisotopic (exact) mass is 335 g/mol. The second kappa shape index (κ2) is 6.64. The molecule has 0 spiro atoms. The number of aromatic nitrogens is 4. The molecule has 7 heteroatoms. The number of carbonyl (C=O) groups is 2. The Hall–Kier alpha value is -3.35. The van der Waals surface area contributed by atoms with Crippen LogP contribution in [-0.4, -0.2) is 31.4 Å². The zero-order valence-corrected chi connectivity index (χ0v) is 14.1. The molecule has 0 aliphatic heterocycles. The van der Waals surface area contributed by atoms with Gasteiger partial charge in [0.05, 0.1) is 29.3 Å². The summed E-state index contributed by atoms with van der Waals surface area (Å²) >= 11 is 0. The van der Waals surface area contributed by atoms with Crippen molar-refractivity contribution in [3.05, 3.63) is 59.7 Å². The predicted octanol–water partition coefficient (Wildman–Crippen LogP) is 2.32. The summed E-state index contributed by atoms with van der Waals surface area (Å²) < 4.78 is 1.58. The van der Waals surface area contributed by atoms with Crippen molar-refractivity contribution in [3.8, 4) is 11.4 Å². The van der Waals surface area contributed by atoms with E-state index in [0.29, 0.717) is 28.5 Å². The molecule has 2 heterocycles. The maximum Gasteiger partial charge on any atom is 0.296 e. The van der Waals surface area contributed by atoms with Crippen LogP contribution in [0.15, 0.2) is 42.7 Å². The summed E-state index contributed by atoms with van der Waals surface area (Å²) in [6, 6.07) is 9.49. The van der Waals surface area contributed by atoms with Gasteiger partial charge in [-0.05, 0) is 13.8 Å². The SMILES string of the molecule is Cc1nn(C)c(C)c1C(=O)C(=O)Nc1cnc(-c2ccccc2)nc1. The maximum absolute atomic E-state index is 12.4. The number of nitrogens with one attached hydrogen (secondary N) is 1. The van der Waals surface area contributed by atoms with E-state index in [1.165, 1.54) is 12.4 Å². The number of Topliss-reactive ketones (excluding diaryl/α,β-unsaturated/α-hetero) is 1. The number of anilines is 1. The van der Waals surface area contributed by atoms with E-state index in [2.05, 4.69) is 20.4 Å². The zero-order chi connectivity index (χ0) is 18.0. The van der Waals surface area contributed by atoms with Crippen LogP contribution >= 0.6 is 0 Å². The average Bonchev–Trinajstić information content (AvgIpc) is 2.88. The molecule has 2 aromatic heterocycles. The highest BCUT2D eigenvalue weighted by Gasteiger charge is 2.24. The Morgan fingerprint density at radius 1 is 1.04 bits per heavy atom. The lowest BCUT2D eigenvalue weighted by atomic mass is 10.1. The first-order valence-electron chi connectivity index (χ1n) is 7.70. The number of hydrogen-bond acceptors (Lipinski definition) is 5. The summed E-state index contributed by atoms with van der Waals surface area (Å²) in [6.07, 6.45) is 2.95. The average molecular weight is 335 g/mol. The minimum Gasteiger partial charge on any atom is -0.316 e.